The molecule has 2 nitrogen and oxygen atoms in total. The third-order valence-electron chi connectivity index (χ3n) is 2.09. The normalized spacial score (nSPS) is 11.8. The Morgan fingerprint density at radius 1 is 1.19 bits per heavy atom. The Morgan fingerprint density at radius 2 is 1.81 bits per heavy atom. The van der Waals surface area contributed by atoms with Crippen LogP contribution in [0.5, 0.6) is 5.75 Å². The molecule has 1 aromatic rings. The number of methoxy groups -OCH3 is 1. The van der Waals surface area contributed by atoms with Crippen LogP contribution < -0.4 is 4.74 Å². The zero-order valence-corrected chi connectivity index (χ0v) is 9.86. The minimum absolute atomic E-state index is 0.0666. The van der Waals surface area contributed by atoms with Gasteiger partial charge in [-0.05, 0) is 43.2 Å². The predicted octanol–water partition coefficient (Wildman–Crippen LogP) is 3.24. The molecule has 0 atom stereocenters. The lowest BCUT2D eigenvalue weighted by Crippen LogP contribution is -1.83. The first-order valence-electron chi connectivity index (χ1n) is 5.13. The van der Waals surface area contributed by atoms with E-state index in [9.17, 15) is 4.79 Å². The monoisotopic (exact) mass is 216 g/mol. The summed E-state index contributed by atoms with van der Waals surface area (Å²) in [4.78, 5) is 10.8. The summed E-state index contributed by atoms with van der Waals surface area (Å²) >= 11 is 0. The summed E-state index contributed by atoms with van der Waals surface area (Å²) < 4.78 is 5.07. The van der Waals surface area contributed by atoms with Gasteiger partial charge in [0.05, 0.1) is 7.11 Å². The molecule has 1 aromatic carbocycles. The molecular formula is C14H16O2. The van der Waals surface area contributed by atoms with E-state index in [2.05, 4.69) is 0 Å². The molecule has 84 valence electrons. The van der Waals surface area contributed by atoms with Crippen molar-refractivity contribution in [2.75, 3.05) is 7.11 Å². The molecule has 0 saturated carbocycles. The van der Waals surface area contributed by atoms with E-state index >= 15 is 0 Å². The van der Waals surface area contributed by atoms with Crippen LogP contribution in [-0.2, 0) is 4.79 Å². The van der Waals surface area contributed by atoms with Gasteiger partial charge in [-0.2, -0.15) is 0 Å². The molecule has 0 spiro atoms. The zero-order chi connectivity index (χ0) is 12.0. The van der Waals surface area contributed by atoms with Gasteiger partial charge in [0.25, 0.3) is 0 Å². The fraction of sp³-hybridized carbons (Fsp3) is 0.214. The number of hydrogen-bond acceptors (Lipinski definition) is 2. The molecule has 0 fully saturated rings. The highest BCUT2D eigenvalue weighted by molar-refractivity contribution is 5.88. The minimum Gasteiger partial charge on any atom is -0.497 e. The molecular weight excluding hydrogens is 200 g/mol. The summed E-state index contributed by atoms with van der Waals surface area (Å²) in [5.74, 6) is 0.907. The Kier molecular flexibility index (Phi) is 4.52. The van der Waals surface area contributed by atoms with E-state index in [1.165, 1.54) is 0 Å². The number of rotatable bonds is 4. The van der Waals surface area contributed by atoms with Crippen molar-refractivity contribution >= 4 is 11.9 Å². The smallest absolute Gasteiger partial charge is 0.152 e. The van der Waals surface area contributed by atoms with Crippen LogP contribution in [-0.4, -0.2) is 12.9 Å². The largest absolute Gasteiger partial charge is 0.497 e. The molecule has 16 heavy (non-hydrogen) atoms. The van der Waals surface area contributed by atoms with E-state index in [-0.39, 0.29) is 5.78 Å². The van der Waals surface area contributed by atoms with E-state index in [1.54, 1.807) is 20.1 Å². The molecule has 0 aliphatic heterocycles. The Labute approximate surface area is 96.2 Å². The van der Waals surface area contributed by atoms with Gasteiger partial charge >= 0.3 is 0 Å². The van der Waals surface area contributed by atoms with Crippen molar-refractivity contribution in [3.8, 4) is 5.75 Å². The highest BCUT2D eigenvalue weighted by Crippen LogP contribution is 2.13. The maximum Gasteiger partial charge on any atom is 0.152 e. The first-order valence-corrected chi connectivity index (χ1v) is 5.13. The molecule has 0 heterocycles. The average molecular weight is 216 g/mol. The van der Waals surface area contributed by atoms with Gasteiger partial charge < -0.3 is 4.74 Å². The molecule has 0 aliphatic rings. The molecule has 0 aromatic heterocycles. The fourth-order valence-electron chi connectivity index (χ4n) is 1.31. The lowest BCUT2D eigenvalue weighted by Gasteiger charge is -1.99. The Morgan fingerprint density at radius 3 is 2.31 bits per heavy atom. The first-order chi connectivity index (χ1) is 7.61. The van der Waals surface area contributed by atoms with Gasteiger partial charge in [0.1, 0.15) is 5.75 Å². The standard InChI is InChI=1S/C14H16O2/c1-11(10-12(2)15)4-5-13-6-8-14(16-3)9-7-13/h4-10H,1-3H3/b5-4+,11-10+. The number of ether oxygens (including phenoxy) is 1. The molecule has 2 heteroatoms. The summed E-state index contributed by atoms with van der Waals surface area (Å²) in [6, 6.07) is 7.75. The van der Waals surface area contributed by atoms with Gasteiger partial charge in [0.15, 0.2) is 5.78 Å². The first kappa shape index (κ1) is 12.2. The second-order valence-electron chi connectivity index (χ2n) is 3.61. The molecule has 1 rings (SSSR count). The number of carbonyl (C=O) groups excluding carboxylic acids is 1. The SMILES string of the molecule is COc1ccc(/C=C/C(C)=C/C(C)=O)cc1. The van der Waals surface area contributed by atoms with Gasteiger partial charge in [-0.25, -0.2) is 0 Å². The zero-order valence-electron chi connectivity index (χ0n) is 9.86. The van der Waals surface area contributed by atoms with Crippen LogP contribution in [0.4, 0.5) is 0 Å². The number of allylic oxidation sites excluding steroid dienone is 3. The number of ketones is 1. The third kappa shape index (κ3) is 4.13. The number of benzene rings is 1. The van der Waals surface area contributed by atoms with Gasteiger partial charge in [-0.1, -0.05) is 24.3 Å². The maximum absolute atomic E-state index is 10.8. The molecule has 0 saturated heterocycles. The second kappa shape index (κ2) is 5.91. The molecule has 0 N–H and O–H groups in total. The Bertz CT molecular complexity index is 411. The number of carbonyl (C=O) groups is 1. The summed E-state index contributed by atoms with van der Waals surface area (Å²) in [7, 11) is 1.64. The summed E-state index contributed by atoms with van der Waals surface area (Å²) in [5.41, 5.74) is 2.03. The molecule has 0 unspecified atom stereocenters. The van der Waals surface area contributed by atoms with Crippen LogP contribution in [0.1, 0.15) is 19.4 Å². The van der Waals surface area contributed by atoms with Crippen LogP contribution in [0.15, 0.2) is 42.0 Å². The van der Waals surface area contributed by atoms with Crippen LogP contribution in [0, 0.1) is 0 Å². The van der Waals surface area contributed by atoms with E-state index in [0.717, 1.165) is 16.9 Å². The van der Waals surface area contributed by atoms with Crippen LogP contribution in [0.3, 0.4) is 0 Å². The maximum atomic E-state index is 10.8. The van der Waals surface area contributed by atoms with Crippen molar-refractivity contribution in [1.29, 1.82) is 0 Å². The third-order valence-corrected chi connectivity index (χ3v) is 2.09. The van der Waals surface area contributed by atoms with Gasteiger partial charge in [-0.3, -0.25) is 4.79 Å². The highest BCUT2D eigenvalue weighted by Gasteiger charge is 1.91. The van der Waals surface area contributed by atoms with Crippen molar-refractivity contribution in [2.45, 2.75) is 13.8 Å². The van der Waals surface area contributed by atoms with Gasteiger partial charge in [0.2, 0.25) is 0 Å². The molecule has 0 aliphatic carbocycles. The van der Waals surface area contributed by atoms with Crippen molar-refractivity contribution in [3.05, 3.63) is 47.6 Å². The lowest BCUT2D eigenvalue weighted by atomic mass is 10.1. The summed E-state index contributed by atoms with van der Waals surface area (Å²) in [6.45, 7) is 3.45. The Hall–Kier alpha value is -1.83. The summed E-state index contributed by atoms with van der Waals surface area (Å²) in [5, 5.41) is 0. The second-order valence-corrected chi connectivity index (χ2v) is 3.61. The van der Waals surface area contributed by atoms with Crippen LogP contribution in [0.25, 0.3) is 6.08 Å². The van der Waals surface area contributed by atoms with Crippen molar-refractivity contribution in [1.82, 2.24) is 0 Å². The number of hydrogen-bond donors (Lipinski definition) is 0. The lowest BCUT2D eigenvalue weighted by molar-refractivity contribution is -0.112. The predicted molar refractivity (Wildman–Crippen MR) is 66.5 cm³/mol. The molecule has 0 bridgehead atoms. The van der Waals surface area contributed by atoms with Crippen molar-refractivity contribution in [3.63, 3.8) is 0 Å². The van der Waals surface area contributed by atoms with Crippen LogP contribution in [0.2, 0.25) is 0 Å². The minimum atomic E-state index is 0.0666. The van der Waals surface area contributed by atoms with Gasteiger partial charge in [-0.15, -0.1) is 0 Å². The molecule has 0 radical (unpaired) electrons. The van der Waals surface area contributed by atoms with Crippen LogP contribution >= 0.6 is 0 Å². The van der Waals surface area contributed by atoms with E-state index in [1.807, 2.05) is 43.3 Å². The van der Waals surface area contributed by atoms with Gasteiger partial charge in [0, 0.05) is 0 Å². The quantitative estimate of drug-likeness (QED) is 0.570. The highest BCUT2D eigenvalue weighted by atomic mass is 16.5. The average Bonchev–Trinajstić information content (AvgIpc) is 2.26. The topological polar surface area (TPSA) is 26.3 Å². The van der Waals surface area contributed by atoms with E-state index in [4.69, 9.17) is 4.74 Å². The molecule has 0 amide bonds. The van der Waals surface area contributed by atoms with Crippen molar-refractivity contribution < 1.29 is 9.53 Å². The Balaban J connectivity index is 2.72. The van der Waals surface area contributed by atoms with E-state index < -0.39 is 0 Å². The fourth-order valence-corrected chi connectivity index (χ4v) is 1.31. The summed E-state index contributed by atoms with van der Waals surface area (Å²) in [6.07, 6.45) is 5.50. The van der Waals surface area contributed by atoms with Crippen molar-refractivity contribution in [2.24, 2.45) is 0 Å². The van der Waals surface area contributed by atoms with E-state index in [0.29, 0.717) is 0 Å².